The number of anilines is 2. The average Bonchev–Trinajstić information content (AvgIpc) is 2.63. The highest BCUT2D eigenvalue weighted by atomic mass is 32.2. The third-order valence-corrected chi connectivity index (χ3v) is 5.48. The zero-order chi connectivity index (χ0) is 19.6. The lowest BCUT2D eigenvalue weighted by Crippen LogP contribution is -2.39. The van der Waals surface area contributed by atoms with Gasteiger partial charge in [0.2, 0.25) is 10.0 Å². The molecule has 0 aliphatic carbocycles. The zero-order valence-corrected chi connectivity index (χ0v) is 15.2. The number of rotatable bonds is 5. The highest BCUT2D eigenvalue weighted by molar-refractivity contribution is 7.89. The summed E-state index contributed by atoms with van der Waals surface area (Å²) in [5.41, 5.74) is 0.120. The summed E-state index contributed by atoms with van der Waals surface area (Å²) in [4.78, 5) is 12.0. The second-order valence-corrected chi connectivity index (χ2v) is 7.84. The lowest BCUT2D eigenvalue weighted by atomic mass is 10.0. The van der Waals surface area contributed by atoms with Gasteiger partial charge in [-0.25, -0.2) is 17.9 Å². The fourth-order valence-corrected chi connectivity index (χ4v) is 3.96. The quantitative estimate of drug-likeness (QED) is 0.594. The Morgan fingerprint density at radius 1 is 1.15 bits per heavy atom. The number of nitro benzene ring substituents is 1. The fraction of sp³-hybridized carbons (Fsp3) is 0.294. The molecule has 0 spiro atoms. The number of nitrogens with zero attached hydrogens (tertiary/aromatic N) is 2. The summed E-state index contributed by atoms with van der Waals surface area (Å²) < 4.78 is 37.1. The van der Waals surface area contributed by atoms with Crippen LogP contribution in [-0.4, -0.2) is 32.5 Å². The minimum Gasteiger partial charge on any atom is -0.380 e. The van der Waals surface area contributed by atoms with Crippen molar-refractivity contribution in [1.82, 2.24) is 0 Å². The van der Waals surface area contributed by atoms with Gasteiger partial charge in [0, 0.05) is 19.1 Å². The van der Waals surface area contributed by atoms with Gasteiger partial charge in [-0.3, -0.25) is 10.1 Å². The van der Waals surface area contributed by atoms with E-state index in [9.17, 15) is 22.9 Å². The number of benzene rings is 2. The molecule has 8 nitrogen and oxygen atoms in total. The van der Waals surface area contributed by atoms with E-state index in [0.29, 0.717) is 31.6 Å². The van der Waals surface area contributed by atoms with Gasteiger partial charge in [-0.15, -0.1) is 0 Å². The molecule has 0 radical (unpaired) electrons. The minimum atomic E-state index is -4.22. The lowest BCUT2D eigenvalue weighted by molar-refractivity contribution is -0.387. The van der Waals surface area contributed by atoms with Crippen molar-refractivity contribution in [2.24, 2.45) is 5.14 Å². The van der Waals surface area contributed by atoms with Gasteiger partial charge in [0.15, 0.2) is 4.90 Å². The number of primary sulfonamides is 1. The predicted molar refractivity (Wildman–Crippen MR) is 99.7 cm³/mol. The normalized spacial score (nSPS) is 15.6. The maximum Gasteiger partial charge on any atom is 0.312 e. The van der Waals surface area contributed by atoms with Crippen LogP contribution >= 0.6 is 0 Å². The Morgan fingerprint density at radius 3 is 2.41 bits per heavy atom. The van der Waals surface area contributed by atoms with Crippen molar-refractivity contribution in [3.63, 3.8) is 0 Å². The van der Waals surface area contributed by atoms with E-state index >= 15 is 0 Å². The second kappa shape index (κ2) is 7.49. The molecule has 2 aromatic rings. The highest BCUT2D eigenvalue weighted by Gasteiger charge is 2.31. The Kier molecular flexibility index (Phi) is 5.29. The molecule has 10 heteroatoms. The van der Waals surface area contributed by atoms with E-state index in [-0.39, 0.29) is 17.5 Å². The molecule has 1 aliphatic rings. The van der Waals surface area contributed by atoms with Crippen molar-refractivity contribution < 1.29 is 17.7 Å². The third-order valence-electron chi connectivity index (χ3n) is 4.54. The minimum absolute atomic E-state index is 0.0126. The summed E-state index contributed by atoms with van der Waals surface area (Å²) in [6.45, 7) is 0.919. The predicted octanol–water partition coefficient (Wildman–Crippen LogP) is 2.46. The topological polar surface area (TPSA) is 119 Å². The van der Waals surface area contributed by atoms with E-state index in [0.717, 1.165) is 6.07 Å². The summed E-state index contributed by atoms with van der Waals surface area (Å²) in [5.74, 6) is -0.337. The SMILES string of the molecule is NS(=O)(=O)c1cccc(N2CCC(Nc3ccccc3F)CC2)c1[N+](=O)[O-]. The first-order chi connectivity index (χ1) is 12.8. The smallest absolute Gasteiger partial charge is 0.312 e. The molecule has 1 saturated heterocycles. The van der Waals surface area contributed by atoms with Gasteiger partial charge in [0.1, 0.15) is 11.5 Å². The monoisotopic (exact) mass is 394 g/mol. The molecule has 0 saturated carbocycles. The van der Waals surface area contributed by atoms with Crippen molar-refractivity contribution >= 4 is 27.1 Å². The average molecular weight is 394 g/mol. The number of nitrogens with two attached hydrogens (primary N) is 1. The summed E-state index contributed by atoms with van der Waals surface area (Å²) in [6, 6.07) is 10.5. The van der Waals surface area contributed by atoms with Crippen LogP contribution in [0.25, 0.3) is 0 Å². The Labute approximate surface area is 156 Å². The van der Waals surface area contributed by atoms with Gasteiger partial charge in [0.25, 0.3) is 0 Å². The summed E-state index contributed by atoms with van der Waals surface area (Å²) in [5, 5.41) is 19.7. The van der Waals surface area contributed by atoms with Crippen LogP contribution in [0.5, 0.6) is 0 Å². The molecule has 1 heterocycles. The molecule has 0 unspecified atom stereocenters. The summed E-state index contributed by atoms with van der Waals surface area (Å²) >= 11 is 0. The maximum atomic E-state index is 13.8. The molecular weight excluding hydrogens is 375 g/mol. The van der Waals surface area contributed by atoms with Crippen molar-refractivity contribution in [1.29, 1.82) is 0 Å². The van der Waals surface area contributed by atoms with Crippen LogP contribution in [0.2, 0.25) is 0 Å². The number of sulfonamides is 1. The van der Waals surface area contributed by atoms with E-state index in [1.165, 1.54) is 18.2 Å². The molecule has 3 rings (SSSR count). The molecule has 0 amide bonds. The highest BCUT2D eigenvalue weighted by Crippen LogP contribution is 2.35. The van der Waals surface area contributed by atoms with Gasteiger partial charge in [-0.2, -0.15) is 0 Å². The number of piperidine rings is 1. The Hall–Kier alpha value is -2.72. The molecule has 27 heavy (non-hydrogen) atoms. The van der Waals surface area contributed by atoms with Crippen molar-refractivity contribution in [2.75, 3.05) is 23.3 Å². The summed E-state index contributed by atoms with van der Waals surface area (Å²) in [7, 11) is -4.22. The number of hydrogen-bond acceptors (Lipinski definition) is 6. The number of para-hydroxylation sites is 2. The standard InChI is InChI=1S/C17H19FN4O4S/c18-13-4-1-2-5-14(13)20-12-8-10-21(11-9-12)15-6-3-7-16(27(19,25)26)17(15)22(23)24/h1-7,12,20H,8-11H2,(H2,19,25,26). The van der Waals surface area contributed by atoms with Crippen molar-refractivity contribution in [3.05, 3.63) is 58.4 Å². The molecule has 144 valence electrons. The number of nitro groups is 1. The van der Waals surface area contributed by atoms with E-state index in [1.54, 1.807) is 23.1 Å². The van der Waals surface area contributed by atoms with Crippen LogP contribution in [0.4, 0.5) is 21.5 Å². The van der Waals surface area contributed by atoms with Gasteiger partial charge >= 0.3 is 5.69 Å². The molecular formula is C17H19FN4O4S. The van der Waals surface area contributed by atoms with Gasteiger partial charge in [-0.05, 0) is 37.1 Å². The maximum absolute atomic E-state index is 13.8. The lowest BCUT2D eigenvalue weighted by Gasteiger charge is -2.34. The zero-order valence-electron chi connectivity index (χ0n) is 14.3. The fourth-order valence-electron chi connectivity index (χ4n) is 3.24. The van der Waals surface area contributed by atoms with Crippen LogP contribution in [0.3, 0.4) is 0 Å². The molecule has 2 aromatic carbocycles. The molecule has 0 aromatic heterocycles. The Balaban J connectivity index is 1.78. The Bertz CT molecular complexity index is 959. The molecule has 0 bridgehead atoms. The van der Waals surface area contributed by atoms with Crippen LogP contribution in [0.1, 0.15) is 12.8 Å². The first-order valence-electron chi connectivity index (χ1n) is 8.33. The molecule has 0 atom stereocenters. The first kappa shape index (κ1) is 19.1. The summed E-state index contributed by atoms with van der Waals surface area (Å²) in [6.07, 6.45) is 1.23. The van der Waals surface area contributed by atoms with Gasteiger partial charge in [-0.1, -0.05) is 18.2 Å². The largest absolute Gasteiger partial charge is 0.380 e. The van der Waals surface area contributed by atoms with E-state index < -0.39 is 25.5 Å². The van der Waals surface area contributed by atoms with Crippen LogP contribution in [0.15, 0.2) is 47.4 Å². The van der Waals surface area contributed by atoms with Crippen molar-refractivity contribution in [3.8, 4) is 0 Å². The first-order valence-corrected chi connectivity index (χ1v) is 9.88. The van der Waals surface area contributed by atoms with Crippen LogP contribution in [0, 0.1) is 15.9 Å². The van der Waals surface area contributed by atoms with E-state index in [2.05, 4.69) is 5.32 Å². The van der Waals surface area contributed by atoms with E-state index in [1.807, 2.05) is 0 Å². The van der Waals surface area contributed by atoms with Gasteiger partial charge < -0.3 is 10.2 Å². The second-order valence-electron chi connectivity index (χ2n) is 6.31. The van der Waals surface area contributed by atoms with Crippen LogP contribution in [-0.2, 0) is 10.0 Å². The third kappa shape index (κ3) is 4.17. The number of nitrogens with one attached hydrogen (secondary N) is 1. The Morgan fingerprint density at radius 2 is 1.81 bits per heavy atom. The van der Waals surface area contributed by atoms with Gasteiger partial charge in [0.05, 0.1) is 10.6 Å². The molecule has 3 N–H and O–H groups in total. The van der Waals surface area contributed by atoms with Crippen molar-refractivity contribution in [2.45, 2.75) is 23.8 Å². The number of halogens is 1. The molecule has 1 fully saturated rings. The van der Waals surface area contributed by atoms with E-state index in [4.69, 9.17) is 5.14 Å². The molecule has 1 aliphatic heterocycles. The number of hydrogen-bond donors (Lipinski definition) is 2. The van der Waals surface area contributed by atoms with Crippen LogP contribution < -0.4 is 15.4 Å².